The second-order valence-electron chi connectivity index (χ2n) is 4.22. The number of aliphatic hydroxyl groups excluding tert-OH is 1. The average Bonchev–Trinajstić information content (AvgIpc) is 2.71. The molecule has 0 amide bonds. The van der Waals surface area contributed by atoms with Crippen molar-refractivity contribution in [3.63, 3.8) is 0 Å². The molecule has 8 nitrogen and oxygen atoms in total. The molecule has 0 saturated carbocycles. The zero-order valence-electron chi connectivity index (χ0n) is 10.6. The summed E-state index contributed by atoms with van der Waals surface area (Å²) in [7, 11) is 0. The van der Waals surface area contributed by atoms with E-state index in [4.69, 9.17) is 4.74 Å². The zero-order chi connectivity index (χ0) is 13.1. The lowest BCUT2D eigenvalue weighted by molar-refractivity contribution is -0.397. The summed E-state index contributed by atoms with van der Waals surface area (Å²) in [6.45, 7) is 4.22. The average molecular weight is 293 g/mol. The molecule has 1 aromatic heterocycles. The number of nitrogens with zero attached hydrogens (tertiary/aromatic N) is 4. The minimum absolute atomic E-state index is 0. The van der Waals surface area contributed by atoms with Crippen LogP contribution in [0.25, 0.3) is 0 Å². The third-order valence-corrected chi connectivity index (χ3v) is 2.87. The highest BCUT2D eigenvalue weighted by Gasteiger charge is 2.24. The number of halogens is 1. The van der Waals surface area contributed by atoms with Crippen LogP contribution in [-0.2, 0) is 11.3 Å². The van der Waals surface area contributed by atoms with Crippen LogP contribution in [0.5, 0.6) is 0 Å². The number of hydrogen-bond donors (Lipinski definition) is 1. The summed E-state index contributed by atoms with van der Waals surface area (Å²) in [4.78, 5) is 15.9. The summed E-state index contributed by atoms with van der Waals surface area (Å²) in [6.07, 6.45) is 0.808. The SMILES string of the molecule is Cc1cn(CC(O)N2CCOCC2)c([N+](=O)[O-])n1.Cl. The Morgan fingerprint density at radius 3 is 2.79 bits per heavy atom. The third-order valence-electron chi connectivity index (χ3n) is 2.87. The maximum atomic E-state index is 10.8. The molecule has 1 N–H and O–H groups in total. The van der Waals surface area contributed by atoms with Crippen LogP contribution in [0.4, 0.5) is 5.95 Å². The molecule has 1 aliphatic rings. The van der Waals surface area contributed by atoms with Crippen molar-refractivity contribution in [1.29, 1.82) is 0 Å². The highest BCUT2D eigenvalue weighted by molar-refractivity contribution is 5.85. The Kier molecular flexibility index (Phi) is 5.67. The highest BCUT2D eigenvalue weighted by atomic mass is 35.5. The van der Waals surface area contributed by atoms with Gasteiger partial charge in [0.15, 0.2) is 0 Å². The van der Waals surface area contributed by atoms with E-state index in [2.05, 4.69) is 4.98 Å². The zero-order valence-corrected chi connectivity index (χ0v) is 11.4. The van der Waals surface area contributed by atoms with E-state index in [9.17, 15) is 15.2 Å². The van der Waals surface area contributed by atoms with Gasteiger partial charge in [0.25, 0.3) is 0 Å². The predicted octanol–water partition coefficient (Wildman–Crippen LogP) is 0.172. The van der Waals surface area contributed by atoms with Crippen LogP contribution in [0.1, 0.15) is 5.69 Å². The molecule has 0 spiro atoms. The Hall–Kier alpha value is -1.22. The first-order valence-electron chi connectivity index (χ1n) is 5.76. The second kappa shape index (κ2) is 6.80. The molecule has 2 rings (SSSR count). The van der Waals surface area contributed by atoms with Crippen molar-refractivity contribution in [3.05, 3.63) is 22.0 Å². The van der Waals surface area contributed by atoms with E-state index in [1.54, 1.807) is 13.1 Å². The van der Waals surface area contributed by atoms with Crippen LogP contribution < -0.4 is 0 Å². The van der Waals surface area contributed by atoms with Crippen LogP contribution in [0.3, 0.4) is 0 Å². The van der Waals surface area contributed by atoms with Crippen LogP contribution in [0.15, 0.2) is 6.20 Å². The van der Waals surface area contributed by atoms with Gasteiger partial charge in [-0.1, -0.05) is 4.98 Å². The van der Waals surface area contributed by atoms with Crippen LogP contribution >= 0.6 is 12.4 Å². The fourth-order valence-corrected chi connectivity index (χ4v) is 1.98. The van der Waals surface area contributed by atoms with Gasteiger partial charge in [-0.25, -0.2) is 4.57 Å². The maximum absolute atomic E-state index is 10.8. The van der Waals surface area contributed by atoms with E-state index in [0.717, 1.165) is 0 Å². The van der Waals surface area contributed by atoms with Gasteiger partial charge in [0.2, 0.25) is 0 Å². The Morgan fingerprint density at radius 2 is 2.21 bits per heavy atom. The summed E-state index contributed by atoms with van der Waals surface area (Å²) < 4.78 is 6.56. The van der Waals surface area contributed by atoms with E-state index in [-0.39, 0.29) is 24.9 Å². The van der Waals surface area contributed by atoms with Crippen molar-refractivity contribution in [2.45, 2.75) is 19.7 Å². The molecular weight excluding hydrogens is 276 g/mol. The van der Waals surface area contributed by atoms with Gasteiger partial charge in [0, 0.05) is 13.1 Å². The van der Waals surface area contributed by atoms with Crippen LogP contribution in [0, 0.1) is 17.0 Å². The molecule has 1 fully saturated rings. The summed E-state index contributed by atoms with van der Waals surface area (Å²) in [5.74, 6) is -0.236. The standard InChI is InChI=1S/C10H16N4O4.ClH/c1-8-6-13(10(11-8)14(16)17)7-9(15)12-2-4-18-5-3-12;/h6,9,15H,2-5,7H2,1H3;1H. The Morgan fingerprint density at radius 1 is 1.58 bits per heavy atom. The number of aryl methyl sites for hydroxylation is 1. The summed E-state index contributed by atoms with van der Waals surface area (Å²) in [5.41, 5.74) is 0.566. The van der Waals surface area contributed by atoms with Crippen LogP contribution in [-0.4, -0.2) is 57.0 Å². The maximum Gasteiger partial charge on any atom is 0.434 e. The largest absolute Gasteiger partial charge is 0.434 e. The van der Waals surface area contributed by atoms with Crippen LogP contribution in [0.2, 0.25) is 0 Å². The number of nitro groups is 1. The molecule has 0 aliphatic carbocycles. The Balaban J connectivity index is 0.00000180. The first-order valence-corrected chi connectivity index (χ1v) is 5.76. The number of ether oxygens (including phenoxy) is 1. The lowest BCUT2D eigenvalue weighted by Crippen LogP contribution is -2.45. The molecule has 1 aromatic rings. The lowest BCUT2D eigenvalue weighted by Gasteiger charge is -2.30. The van der Waals surface area contributed by atoms with Gasteiger partial charge in [-0.3, -0.25) is 4.90 Å². The quantitative estimate of drug-likeness (QED) is 0.628. The molecule has 1 saturated heterocycles. The molecule has 0 radical (unpaired) electrons. The molecule has 2 heterocycles. The molecule has 1 aliphatic heterocycles. The third kappa shape index (κ3) is 3.87. The molecule has 9 heteroatoms. The highest BCUT2D eigenvalue weighted by Crippen LogP contribution is 2.13. The second-order valence-corrected chi connectivity index (χ2v) is 4.22. The minimum atomic E-state index is -0.763. The minimum Gasteiger partial charge on any atom is -0.390 e. The van der Waals surface area contributed by atoms with Crippen molar-refractivity contribution < 1.29 is 14.8 Å². The lowest BCUT2D eigenvalue weighted by atomic mass is 10.3. The topological polar surface area (TPSA) is 93.7 Å². The van der Waals surface area contributed by atoms with Crippen molar-refractivity contribution in [3.8, 4) is 0 Å². The number of aromatic nitrogens is 2. The van der Waals surface area contributed by atoms with Crippen molar-refractivity contribution in [2.24, 2.45) is 0 Å². The van der Waals surface area contributed by atoms with E-state index in [0.29, 0.717) is 32.0 Å². The molecule has 19 heavy (non-hydrogen) atoms. The van der Waals surface area contributed by atoms with Crippen molar-refractivity contribution in [2.75, 3.05) is 26.3 Å². The van der Waals surface area contributed by atoms with Gasteiger partial charge < -0.3 is 20.0 Å². The molecule has 0 aromatic carbocycles. The normalized spacial score (nSPS) is 17.8. The molecule has 1 atom stereocenters. The molecule has 0 bridgehead atoms. The molecular formula is C10H17ClN4O4. The molecule has 108 valence electrons. The van der Waals surface area contributed by atoms with Gasteiger partial charge in [0.05, 0.1) is 13.2 Å². The van der Waals surface area contributed by atoms with E-state index in [1.165, 1.54) is 4.57 Å². The first-order chi connectivity index (χ1) is 8.58. The fourth-order valence-electron chi connectivity index (χ4n) is 1.98. The van der Waals surface area contributed by atoms with Gasteiger partial charge in [0.1, 0.15) is 24.7 Å². The van der Waals surface area contributed by atoms with Gasteiger partial charge >= 0.3 is 5.95 Å². The summed E-state index contributed by atoms with van der Waals surface area (Å²) >= 11 is 0. The van der Waals surface area contributed by atoms with Crippen molar-refractivity contribution in [1.82, 2.24) is 14.5 Å². The summed E-state index contributed by atoms with van der Waals surface area (Å²) in [5, 5.41) is 20.8. The monoisotopic (exact) mass is 292 g/mol. The number of aliphatic hydroxyl groups is 1. The summed E-state index contributed by atoms with van der Waals surface area (Å²) in [6, 6.07) is 0. The number of imidazole rings is 1. The smallest absolute Gasteiger partial charge is 0.390 e. The van der Waals surface area contributed by atoms with Crippen molar-refractivity contribution >= 4 is 18.4 Å². The number of hydrogen-bond acceptors (Lipinski definition) is 6. The number of morpholine rings is 1. The van der Waals surface area contributed by atoms with E-state index < -0.39 is 11.2 Å². The Bertz CT molecular complexity index is 433. The predicted molar refractivity (Wildman–Crippen MR) is 69.3 cm³/mol. The van der Waals surface area contributed by atoms with E-state index in [1.807, 2.05) is 4.90 Å². The Labute approximate surface area is 116 Å². The van der Waals surface area contributed by atoms with Gasteiger partial charge in [-0.15, -0.1) is 12.4 Å². The van der Waals surface area contributed by atoms with Gasteiger partial charge in [-0.05, 0) is 11.8 Å². The molecule has 1 unspecified atom stereocenters. The fraction of sp³-hybridized carbons (Fsp3) is 0.700. The van der Waals surface area contributed by atoms with Gasteiger partial charge in [-0.2, -0.15) is 0 Å². The number of rotatable bonds is 4. The first kappa shape index (κ1) is 15.8. The van der Waals surface area contributed by atoms with E-state index >= 15 is 0 Å².